The minimum atomic E-state index is -0.345. The number of carbonyl (C=O) groups excluding carboxylic acids is 1. The summed E-state index contributed by atoms with van der Waals surface area (Å²) in [5, 5.41) is 11.1. The molecule has 1 unspecified atom stereocenters. The molecule has 5 nitrogen and oxygen atoms in total. The first-order valence-corrected chi connectivity index (χ1v) is 8.03. The Bertz CT molecular complexity index is 414. The van der Waals surface area contributed by atoms with Crippen LogP contribution in [0.15, 0.2) is 10.2 Å². The molecule has 21 heavy (non-hydrogen) atoms. The van der Waals surface area contributed by atoms with Crippen LogP contribution in [0.25, 0.3) is 0 Å². The second-order valence-electron chi connectivity index (χ2n) is 6.14. The average Bonchev–Trinajstić information content (AvgIpc) is 3.30. The second kappa shape index (κ2) is 7.56. The van der Waals surface area contributed by atoms with Crippen LogP contribution in [0.2, 0.25) is 0 Å². The topological polar surface area (TPSA) is 57.1 Å². The maximum absolute atomic E-state index is 11.9. The second-order valence-corrected chi connectivity index (χ2v) is 6.14. The Labute approximate surface area is 127 Å². The first kappa shape index (κ1) is 16.0. The molecule has 1 N–H and O–H groups in total. The van der Waals surface area contributed by atoms with Crippen LogP contribution in [-0.4, -0.2) is 42.1 Å². The van der Waals surface area contributed by atoms with E-state index in [1.165, 1.54) is 19.3 Å². The van der Waals surface area contributed by atoms with E-state index in [-0.39, 0.29) is 11.6 Å². The minimum absolute atomic E-state index is 0.0937. The van der Waals surface area contributed by atoms with Crippen molar-refractivity contribution < 1.29 is 4.79 Å². The van der Waals surface area contributed by atoms with Gasteiger partial charge in [0.25, 0.3) is 0 Å². The molecule has 2 aliphatic rings. The van der Waals surface area contributed by atoms with Gasteiger partial charge in [-0.05, 0) is 32.9 Å². The van der Waals surface area contributed by atoms with Crippen molar-refractivity contribution >= 4 is 5.91 Å². The Morgan fingerprint density at radius 2 is 2.05 bits per heavy atom. The molecule has 116 valence electrons. The zero-order valence-corrected chi connectivity index (χ0v) is 13.0. The van der Waals surface area contributed by atoms with Gasteiger partial charge in [-0.15, -0.1) is 12.3 Å². The number of nitrogens with one attached hydrogen (secondary N) is 1. The molecule has 0 saturated carbocycles. The van der Waals surface area contributed by atoms with Gasteiger partial charge in [0.05, 0.1) is 0 Å². The first-order valence-electron chi connectivity index (χ1n) is 8.03. The van der Waals surface area contributed by atoms with Gasteiger partial charge in [0, 0.05) is 38.3 Å². The maximum Gasteiger partial charge on any atom is 0.220 e. The average molecular weight is 290 g/mol. The Hall–Kier alpha value is -1.41. The van der Waals surface area contributed by atoms with E-state index in [2.05, 4.69) is 33.3 Å². The molecule has 0 aromatic heterocycles. The third kappa shape index (κ3) is 5.13. The fraction of sp³-hybridized carbons (Fsp3) is 0.812. The van der Waals surface area contributed by atoms with Crippen LogP contribution in [0.4, 0.5) is 0 Å². The van der Waals surface area contributed by atoms with E-state index in [4.69, 9.17) is 6.42 Å². The summed E-state index contributed by atoms with van der Waals surface area (Å²) in [6.07, 6.45) is 11.7. The number of likely N-dealkylation sites (tertiary alicyclic amines) is 1. The van der Waals surface area contributed by atoms with Crippen molar-refractivity contribution in [3.8, 4) is 12.3 Å². The quantitative estimate of drug-likeness (QED) is 0.698. The Balaban J connectivity index is 1.60. The number of hydrogen-bond acceptors (Lipinski definition) is 4. The summed E-state index contributed by atoms with van der Waals surface area (Å²) in [4.78, 5) is 14.4. The lowest BCUT2D eigenvalue weighted by molar-refractivity contribution is -0.121. The third-order valence-corrected chi connectivity index (χ3v) is 4.41. The van der Waals surface area contributed by atoms with Gasteiger partial charge in [-0.2, -0.15) is 10.2 Å². The van der Waals surface area contributed by atoms with Gasteiger partial charge in [0.1, 0.15) is 0 Å². The number of terminal acetylenes is 1. The smallest absolute Gasteiger partial charge is 0.220 e. The highest BCUT2D eigenvalue weighted by Gasteiger charge is 2.39. The van der Waals surface area contributed by atoms with Gasteiger partial charge in [0.2, 0.25) is 5.91 Å². The van der Waals surface area contributed by atoms with Gasteiger partial charge in [-0.1, -0.05) is 6.42 Å². The fourth-order valence-corrected chi connectivity index (χ4v) is 2.82. The van der Waals surface area contributed by atoms with Crippen LogP contribution in [0, 0.1) is 12.3 Å². The zero-order valence-electron chi connectivity index (χ0n) is 13.0. The normalized spacial score (nSPS) is 21.5. The van der Waals surface area contributed by atoms with E-state index in [9.17, 15) is 4.79 Å². The van der Waals surface area contributed by atoms with Crippen LogP contribution in [-0.2, 0) is 4.79 Å². The van der Waals surface area contributed by atoms with E-state index in [1.54, 1.807) is 0 Å². The van der Waals surface area contributed by atoms with Crippen molar-refractivity contribution in [3.05, 3.63) is 0 Å². The lowest BCUT2D eigenvalue weighted by atomic mass is 10.0. The van der Waals surface area contributed by atoms with E-state index in [0.29, 0.717) is 25.3 Å². The molecular weight excluding hydrogens is 264 g/mol. The Morgan fingerprint density at radius 1 is 1.33 bits per heavy atom. The van der Waals surface area contributed by atoms with Crippen molar-refractivity contribution in [2.24, 2.45) is 10.2 Å². The van der Waals surface area contributed by atoms with Crippen LogP contribution in [0.1, 0.15) is 51.9 Å². The predicted molar refractivity (Wildman–Crippen MR) is 82.8 cm³/mol. The van der Waals surface area contributed by atoms with Crippen molar-refractivity contribution in [1.29, 1.82) is 0 Å². The number of nitrogens with zero attached hydrogens (tertiary/aromatic N) is 3. The summed E-state index contributed by atoms with van der Waals surface area (Å²) < 4.78 is 0. The van der Waals surface area contributed by atoms with Crippen LogP contribution < -0.4 is 5.32 Å². The predicted octanol–water partition coefficient (Wildman–Crippen LogP) is 2.33. The zero-order chi connectivity index (χ0) is 15.1. The van der Waals surface area contributed by atoms with Gasteiger partial charge in [0.15, 0.2) is 5.66 Å². The van der Waals surface area contributed by atoms with E-state index in [1.807, 2.05) is 0 Å². The summed E-state index contributed by atoms with van der Waals surface area (Å²) >= 11 is 0. The molecule has 0 aliphatic carbocycles. The maximum atomic E-state index is 11.9. The molecule has 2 heterocycles. The monoisotopic (exact) mass is 290 g/mol. The highest BCUT2D eigenvalue weighted by molar-refractivity contribution is 5.76. The highest BCUT2D eigenvalue weighted by atomic mass is 16.1. The van der Waals surface area contributed by atoms with Crippen LogP contribution in [0.3, 0.4) is 0 Å². The van der Waals surface area contributed by atoms with Crippen LogP contribution in [0.5, 0.6) is 0 Å². The largest absolute Gasteiger partial charge is 0.355 e. The number of hydrogen-bond donors (Lipinski definition) is 1. The molecule has 5 heteroatoms. The van der Waals surface area contributed by atoms with Crippen LogP contribution >= 0.6 is 0 Å². The molecule has 1 amide bonds. The standard InChI is InChI=1S/C16H26N4O/c1-3-4-9-16(18-19-16)10-8-15(21)17-13-14(2)20-11-6-5-7-12-20/h1,14H,4-13H2,2H3,(H,17,21). The Kier molecular flexibility index (Phi) is 5.75. The number of rotatable bonds is 8. The van der Waals surface area contributed by atoms with Gasteiger partial charge < -0.3 is 5.32 Å². The van der Waals surface area contributed by atoms with Crippen molar-refractivity contribution in [2.75, 3.05) is 19.6 Å². The van der Waals surface area contributed by atoms with Crippen molar-refractivity contribution in [3.63, 3.8) is 0 Å². The lowest BCUT2D eigenvalue weighted by Gasteiger charge is -2.32. The Morgan fingerprint density at radius 3 is 2.67 bits per heavy atom. The molecule has 1 atom stereocenters. The molecule has 0 aromatic rings. The molecular formula is C16H26N4O. The molecule has 1 saturated heterocycles. The van der Waals surface area contributed by atoms with Gasteiger partial charge in [-0.3, -0.25) is 9.69 Å². The van der Waals surface area contributed by atoms with E-state index >= 15 is 0 Å². The number of amides is 1. The summed E-state index contributed by atoms with van der Waals surface area (Å²) in [5.41, 5.74) is -0.345. The van der Waals surface area contributed by atoms with E-state index < -0.39 is 0 Å². The summed E-state index contributed by atoms with van der Waals surface area (Å²) in [7, 11) is 0. The molecule has 1 fully saturated rings. The van der Waals surface area contributed by atoms with Crippen molar-refractivity contribution in [1.82, 2.24) is 10.2 Å². The molecule has 0 bridgehead atoms. The third-order valence-electron chi connectivity index (χ3n) is 4.41. The fourth-order valence-electron chi connectivity index (χ4n) is 2.82. The molecule has 0 aromatic carbocycles. The molecule has 0 radical (unpaired) electrons. The van der Waals surface area contributed by atoms with Gasteiger partial charge in [-0.25, -0.2) is 0 Å². The minimum Gasteiger partial charge on any atom is -0.355 e. The summed E-state index contributed by atoms with van der Waals surface area (Å²) in [6.45, 7) is 5.23. The number of piperidine rings is 1. The SMILES string of the molecule is C#CCCC1(CCC(=O)NCC(C)N2CCCCC2)N=N1. The lowest BCUT2D eigenvalue weighted by Crippen LogP contribution is -2.44. The van der Waals surface area contributed by atoms with E-state index in [0.717, 1.165) is 26.1 Å². The summed E-state index contributed by atoms with van der Waals surface area (Å²) in [6, 6.07) is 0.417. The highest BCUT2D eigenvalue weighted by Crippen LogP contribution is 2.37. The summed E-state index contributed by atoms with van der Waals surface area (Å²) in [5.74, 6) is 2.70. The van der Waals surface area contributed by atoms with Gasteiger partial charge >= 0.3 is 0 Å². The molecule has 2 aliphatic heterocycles. The molecule has 2 rings (SSSR count). The number of carbonyl (C=O) groups is 1. The van der Waals surface area contributed by atoms with Crippen molar-refractivity contribution in [2.45, 2.75) is 63.6 Å². The first-order chi connectivity index (χ1) is 10.2. The molecule has 0 spiro atoms.